The van der Waals surface area contributed by atoms with Crippen molar-refractivity contribution in [3.63, 3.8) is 0 Å². The van der Waals surface area contributed by atoms with Gasteiger partial charge < -0.3 is 20.2 Å². The van der Waals surface area contributed by atoms with Gasteiger partial charge in [-0.3, -0.25) is 9.59 Å². The van der Waals surface area contributed by atoms with Crippen LogP contribution in [0.5, 0.6) is 5.75 Å². The lowest BCUT2D eigenvalue weighted by Crippen LogP contribution is -2.21. The lowest BCUT2D eigenvalue weighted by atomic mass is 9.98. The summed E-state index contributed by atoms with van der Waals surface area (Å²) in [5, 5.41) is 34.2. The van der Waals surface area contributed by atoms with Gasteiger partial charge in [0.1, 0.15) is 24.6 Å². The van der Waals surface area contributed by atoms with Crippen LogP contribution in [0.3, 0.4) is 0 Å². The smallest absolute Gasteiger partial charge is 0.233 e. The van der Waals surface area contributed by atoms with Crippen LogP contribution in [0, 0.1) is 0 Å². The third kappa shape index (κ3) is 3.86. The number of aromatic hydroxyl groups is 1. The number of Topliss-reactive ketones (excluding diaryl/α,β-unsaturated/α-hetero) is 2. The van der Waals surface area contributed by atoms with E-state index >= 15 is 0 Å². The predicted molar refractivity (Wildman–Crippen MR) is 122 cm³/mol. The van der Waals surface area contributed by atoms with Gasteiger partial charge >= 0.3 is 0 Å². The Morgan fingerprint density at radius 3 is 2.09 bits per heavy atom. The van der Waals surface area contributed by atoms with Crippen molar-refractivity contribution in [2.45, 2.75) is 27.7 Å². The third-order valence-corrected chi connectivity index (χ3v) is 5.87. The number of rotatable bonds is 6. The number of carbonyl (C=O) groups is 2. The second-order valence-corrected chi connectivity index (χ2v) is 7.48. The highest BCUT2D eigenvalue weighted by molar-refractivity contribution is 6.63. The molecular weight excluding hydrogens is 408 g/mol. The molecule has 0 saturated carbocycles. The summed E-state index contributed by atoms with van der Waals surface area (Å²) in [6.07, 6.45) is 4.66. The molecule has 0 aromatic heterocycles. The fourth-order valence-electron chi connectivity index (χ4n) is 4.08. The van der Waals surface area contributed by atoms with Gasteiger partial charge in [0.2, 0.25) is 17.3 Å². The molecule has 0 saturated heterocycles. The molecular formula is C25H28N2O5. The molecule has 0 atom stereocenters. The summed E-state index contributed by atoms with van der Waals surface area (Å²) in [7, 11) is 0. The summed E-state index contributed by atoms with van der Waals surface area (Å²) < 4.78 is 2.00. The number of hydrogen-bond acceptors (Lipinski definition) is 6. The highest BCUT2D eigenvalue weighted by atomic mass is 16.3. The molecule has 2 aliphatic carbocycles. The molecule has 0 aliphatic heterocycles. The molecule has 1 aromatic carbocycles. The fraction of sp³-hybridized carbons (Fsp3) is 0.320. The molecule has 0 bridgehead atoms. The Bertz CT molecular complexity index is 1120. The van der Waals surface area contributed by atoms with Crippen molar-refractivity contribution in [3.8, 4) is 5.75 Å². The number of aliphatic hydroxyl groups is 1. The normalized spacial score (nSPS) is 18.5. The Balaban J connectivity index is 2.12. The predicted octanol–water partition coefficient (Wildman–Crippen LogP) is 2.26. The Labute approximate surface area is 187 Å². The number of nitrogens with zero attached hydrogens (tertiary/aromatic N) is 2. The van der Waals surface area contributed by atoms with Crippen LogP contribution in [0.1, 0.15) is 33.3 Å². The molecule has 0 radical (unpaired) electrons. The topological polar surface area (TPSA) is 104 Å². The highest BCUT2D eigenvalue weighted by Gasteiger charge is 2.36. The summed E-state index contributed by atoms with van der Waals surface area (Å²) in [4.78, 5) is 27.5. The average Bonchev–Trinajstić information content (AvgIpc) is 2.99. The quantitative estimate of drug-likeness (QED) is 0.403. The van der Waals surface area contributed by atoms with Crippen LogP contribution < -0.4 is 10.0 Å². The lowest BCUT2D eigenvalue weighted by Gasteiger charge is -2.22. The first-order valence-electron chi connectivity index (χ1n) is 10.8. The van der Waals surface area contributed by atoms with E-state index < -0.39 is 17.3 Å². The van der Waals surface area contributed by atoms with Gasteiger partial charge in [0.05, 0.1) is 6.08 Å². The van der Waals surface area contributed by atoms with E-state index in [1.54, 1.807) is 12.1 Å². The molecule has 2 aliphatic rings. The summed E-state index contributed by atoms with van der Waals surface area (Å²) in [5.41, 5.74) is 0.767. The summed E-state index contributed by atoms with van der Waals surface area (Å²) in [5.74, 6) is -3.26. The highest BCUT2D eigenvalue weighted by Crippen LogP contribution is 2.38. The van der Waals surface area contributed by atoms with E-state index in [9.17, 15) is 24.9 Å². The van der Waals surface area contributed by atoms with E-state index in [1.165, 1.54) is 24.3 Å². The maximum Gasteiger partial charge on any atom is 0.233 e. The molecule has 3 rings (SSSR count). The molecule has 7 heteroatoms. The zero-order chi connectivity index (χ0) is 23.6. The summed E-state index contributed by atoms with van der Waals surface area (Å²) >= 11 is 0. The first-order chi connectivity index (χ1) is 15.3. The molecule has 1 aromatic rings. The maximum absolute atomic E-state index is 13.1. The molecule has 32 heavy (non-hydrogen) atoms. The standard InChI is InChI=1S/C25H28N2O5/c1-5-26(6-2)15-9-11-17(19(28)13-15)21-23(30)22(25(32)24(21)31)18-12-10-16(14-20(18)29)27(7-3)8-4/h9-14H,5-8H2,1-4H3,(H2,28,29,30,31,32). The van der Waals surface area contributed by atoms with E-state index in [1.807, 2.05) is 37.2 Å². The number of hydrogen-bond donors (Lipinski definition) is 2. The van der Waals surface area contributed by atoms with Crippen molar-refractivity contribution in [2.24, 2.45) is 0 Å². The molecule has 0 fully saturated rings. The number of aliphatic hydroxyl groups excluding tert-OH is 1. The van der Waals surface area contributed by atoms with Gasteiger partial charge in [0.15, 0.2) is 0 Å². The van der Waals surface area contributed by atoms with Crippen LogP contribution in [0.25, 0.3) is 5.57 Å². The minimum Gasteiger partial charge on any atom is -0.871 e. The van der Waals surface area contributed by atoms with Gasteiger partial charge in [-0.05, 0) is 45.9 Å². The second kappa shape index (κ2) is 9.26. The number of anilines is 1. The zero-order valence-corrected chi connectivity index (χ0v) is 18.8. The Morgan fingerprint density at radius 2 is 1.56 bits per heavy atom. The van der Waals surface area contributed by atoms with E-state index in [2.05, 4.69) is 0 Å². The van der Waals surface area contributed by atoms with Gasteiger partial charge in [-0.2, -0.15) is 0 Å². The number of phenols is 1. The summed E-state index contributed by atoms with van der Waals surface area (Å²) in [6, 6.07) is 4.66. The van der Waals surface area contributed by atoms with Crippen LogP contribution >= 0.6 is 0 Å². The first kappa shape index (κ1) is 23.1. The van der Waals surface area contributed by atoms with Crippen LogP contribution in [-0.2, 0) is 9.59 Å². The van der Waals surface area contributed by atoms with Gasteiger partial charge in [-0.15, -0.1) is 0 Å². The average molecular weight is 437 g/mol. The van der Waals surface area contributed by atoms with E-state index in [-0.39, 0.29) is 33.8 Å². The lowest BCUT2D eigenvalue weighted by molar-refractivity contribution is -0.519. The van der Waals surface area contributed by atoms with Gasteiger partial charge in [-0.1, -0.05) is 5.76 Å². The van der Waals surface area contributed by atoms with Crippen LogP contribution in [0.2, 0.25) is 0 Å². The molecule has 0 spiro atoms. The van der Waals surface area contributed by atoms with Crippen molar-refractivity contribution in [2.75, 3.05) is 31.1 Å². The Kier molecular flexibility index (Phi) is 6.67. The van der Waals surface area contributed by atoms with Crippen molar-refractivity contribution < 1.29 is 29.5 Å². The van der Waals surface area contributed by atoms with Crippen LogP contribution in [-0.4, -0.2) is 58.2 Å². The number of allylic oxidation sites excluding steroid dienone is 5. The summed E-state index contributed by atoms with van der Waals surface area (Å²) in [6.45, 7) is 10.8. The minimum absolute atomic E-state index is 0.0125. The largest absolute Gasteiger partial charge is 0.871 e. The van der Waals surface area contributed by atoms with Crippen LogP contribution in [0.4, 0.5) is 5.69 Å². The van der Waals surface area contributed by atoms with Crippen molar-refractivity contribution in [1.29, 1.82) is 0 Å². The monoisotopic (exact) mass is 436 g/mol. The SMILES string of the molecule is CCN(CC)c1ccc(C2=C([O-])/C(=C3\C=CC(=[N+](CC)CC)C=C3O)C(=O)C2=O)c(O)c1. The molecule has 2 N–H and O–H groups in total. The van der Waals surface area contributed by atoms with Gasteiger partial charge in [0.25, 0.3) is 0 Å². The Hall–Kier alpha value is -3.61. The van der Waals surface area contributed by atoms with Crippen molar-refractivity contribution in [1.82, 2.24) is 0 Å². The number of carbonyl (C=O) groups excluding carboxylic acids is 2. The number of phenolic OH excluding ortho intramolecular Hbond substituents is 1. The van der Waals surface area contributed by atoms with Crippen molar-refractivity contribution >= 4 is 28.5 Å². The number of benzene rings is 1. The second-order valence-electron chi connectivity index (χ2n) is 7.48. The van der Waals surface area contributed by atoms with Crippen LogP contribution in [0.15, 0.2) is 59.1 Å². The fourth-order valence-corrected chi connectivity index (χ4v) is 4.08. The molecule has 0 unspecified atom stereocenters. The van der Waals surface area contributed by atoms with Gasteiger partial charge in [-0.25, -0.2) is 4.58 Å². The van der Waals surface area contributed by atoms with Gasteiger partial charge in [0, 0.05) is 53.2 Å². The molecule has 168 valence electrons. The molecule has 0 heterocycles. The molecule has 0 amide bonds. The molecule has 7 nitrogen and oxygen atoms in total. The maximum atomic E-state index is 13.1. The van der Waals surface area contributed by atoms with E-state index in [4.69, 9.17) is 0 Å². The Morgan fingerprint density at radius 1 is 0.938 bits per heavy atom. The first-order valence-corrected chi connectivity index (χ1v) is 10.8. The minimum atomic E-state index is -0.983. The third-order valence-electron chi connectivity index (χ3n) is 5.87. The van der Waals surface area contributed by atoms with E-state index in [0.29, 0.717) is 0 Å². The van der Waals surface area contributed by atoms with E-state index in [0.717, 1.165) is 37.6 Å². The zero-order valence-electron chi connectivity index (χ0n) is 18.8. The number of ketones is 2. The van der Waals surface area contributed by atoms with Crippen molar-refractivity contribution in [3.05, 3.63) is 64.7 Å².